The number of nitrogens with one attached hydrogen (secondary N) is 2. The van der Waals surface area contributed by atoms with Gasteiger partial charge in [0.05, 0.1) is 13.7 Å². The number of likely N-dealkylation sites (tertiary alicyclic amines) is 1. The molecule has 2 aromatic carbocycles. The molecule has 0 aromatic heterocycles. The lowest BCUT2D eigenvalue weighted by atomic mass is 10.0. The van der Waals surface area contributed by atoms with Crippen LogP contribution < -0.4 is 20.1 Å². The van der Waals surface area contributed by atoms with E-state index in [1.165, 1.54) is 43.5 Å². The molecule has 0 bridgehead atoms. The van der Waals surface area contributed by atoms with Gasteiger partial charge in [0.2, 0.25) is 0 Å². The Bertz CT molecular complexity index is 832. The van der Waals surface area contributed by atoms with E-state index >= 15 is 0 Å². The zero-order valence-electron chi connectivity index (χ0n) is 18.4. The molecule has 30 heavy (non-hydrogen) atoms. The van der Waals surface area contributed by atoms with Gasteiger partial charge in [0.1, 0.15) is 0 Å². The van der Waals surface area contributed by atoms with Crippen LogP contribution >= 0.6 is 0 Å². The Morgan fingerprint density at radius 2 is 1.80 bits per heavy atom. The van der Waals surface area contributed by atoms with E-state index in [-0.39, 0.29) is 0 Å². The molecule has 0 aliphatic carbocycles. The lowest BCUT2D eigenvalue weighted by Gasteiger charge is -2.27. The van der Waals surface area contributed by atoms with Crippen LogP contribution in [0.15, 0.2) is 47.5 Å². The van der Waals surface area contributed by atoms with E-state index < -0.39 is 0 Å². The van der Waals surface area contributed by atoms with E-state index in [0.29, 0.717) is 12.4 Å². The lowest BCUT2D eigenvalue weighted by molar-refractivity contribution is 0.220. The minimum absolute atomic E-state index is 0.584. The van der Waals surface area contributed by atoms with Gasteiger partial charge >= 0.3 is 0 Å². The fraction of sp³-hybridized carbons (Fsp3) is 0.458. The van der Waals surface area contributed by atoms with Crippen LogP contribution in [0.5, 0.6) is 11.5 Å². The highest BCUT2D eigenvalue weighted by atomic mass is 16.5. The van der Waals surface area contributed by atoms with E-state index in [0.717, 1.165) is 30.5 Å². The summed E-state index contributed by atoms with van der Waals surface area (Å²) in [6, 6.07) is 14.4. The fourth-order valence-corrected chi connectivity index (χ4v) is 3.76. The minimum atomic E-state index is 0.584. The number of methoxy groups -OCH3 is 1. The van der Waals surface area contributed by atoms with Crippen molar-refractivity contribution in [2.24, 2.45) is 4.99 Å². The molecule has 3 rings (SSSR count). The van der Waals surface area contributed by atoms with Crippen molar-refractivity contribution in [2.45, 2.75) is 39.3 Å². The predicted molar refractivity (Wildman–Crippen MR) is 124 cm³/mol. The molecule has 0 amide bonds. The monoisotopic (exact) mass is 410 g/mol. The van der Waals surface area contributed by atoms with Crippen molar-refractivity contribution in [3.63, 3.8) is 0 Å². The summed E-state index contributed by atoms with van der Waals surface area (Å²) in [7, 11) is 3.43. The minimum Gasteiger partial charge on any atom is -0.493 e. The number of hydrogen-bond donors (Lipinski definition) is 2. The number of benzene rings is 2. The SMILES string of the molecule is CCOc1cc(NC(=NC)NCc2ccccc2CN2CCCCC2)ccc1OC. The Morgan fingerprint density at radius 3 is 2.50 bits per heavy atom. The zero-order chi connectivity index (χ0) is 21.2. The van der Waals surface area contributed by atoms with Crippen LogP contribution in [0.4, 0.5) is 5.69 Å². The average molecular weight is 411 g/mol. The van der Waals surface area contributed by atoms with E-state index in [1.54, 1.807) is 14.2 Å². The number of anilines is 1. The lowest BCUT2D eigenvalue weighted by Crippen LogP contribution is -2.32. The first kappa shape index (κ1) is 22.0. The summed E-state index contributed by atoms with van der Waals surface area (Å²) in [4.78, 5) is 6.93. The van der Waals surface area contributed by atoms with Gasteiger partial charge in [-0.05, 0) is 56.1 Å². The van der Waals surface area contributed by atoms with Crippen LogP contribution in [0.3, 0.4) is 0 Å². The number of piperidine rings is 1. The zero-order valence-corrected chi connectivity index (χ0v) is 18.4. The van der Waals surface area contributed by atoms with Gasteiger partial charge in [0.15, 0.2) is 17.5 Å². The maximum Gasteiger partial charge on any atom is 0.195 e. The topological polar surface area (TPSA) is 58.1 Å². The van der Waals surface area contributed by atoms with Crippen LogP contribution in [0.2, 0.25) is 0 Å². The van der Waals surface area contributed by atoms with E-state index in [1.807, 2.05) is 25.1 Å². The van der Waals surface area contributed by atoms with Crippen molar-refractivity contribution in [2.75, 3.05) is 39.2 Å². The first-order valence-corrected chi connectivity index (χ1v) is 10.8. The largest absolute Gasteiger partial charge is 0.493 e. The number of guanidine groups is 1. The fourth-order valence-electron chi connectivity index (χ4n) is 3.76. The summed E-state index contributed by atoms with van der Waals surface area (Å²) in [5.74, 6) is 2.15. The number of hydrogen-bond acceptors (Lipinski definition) is 4. The van der Waals surface area contributed by atoms with Gasteiger partial charge in [-0.3, -0.25) is 9.89 Å². The normalized spacial score (nSPS) is 15.0. The summed E-state index contributed by atoms with van der Waals surface area (Å²) < 4.78 is 11.0. The molecule has 0 unspecified atom stereocenters. The Hall–Kier alpha value is -2.73. The van der Waals surface area contributed by atoms with Crippen LogP contribution in [-0.2, 0) is 13.1 Å². The number of aliphatic imine (C=N–C) groups is 1. The molecule has 2 aromatic rings. The first-order chi connectivity index (χ1) is 14.7. The van der Waals surface area contributed by atoms with Crippen LogP contribution in [-0.4, -0.2) is 44.7 Å². The number of ether oxygens (including phenoxy) is 2. The summed E-state index contributed by atoms with van der Waals surface area (Å²) in [6.07, 6.45) is 3.98. The third-order valence-corrected chi connectivity index (χ3v) is 5.36. The smallest absolute Gasteiger partial charge is 0.195 e. The summed E-state index contributed by atoms with van der Waals surface area (Å²) in [5, 5.41) is 6.78. The first-order valence-electron chi connectivity index (χ1n) is 10.8. The molecule has 162 valence electrons. The molecule has 1 saturated heterocycles. The Kier molecular flexibility index (Phi) is 8.39. The Morgan fingerprint density at radius 1 is 1.03 bits per heavy atom. The Labute approximate surface area is 180 Å². The molecular weight excluding hydrogens is 376 g/mol. The van der Waals surface area contributed by atoms with Crippen LogP contribution in [0, 0.1) is 0 Å². The molecule has 6 nitrogen and oxygen atoms in total. The molecule has 0 spiro atoms. The van der Waals surface area contributed by atoms with Gasteiger partial charge in [0, 0.05) is 31.9 Å². The second-order valence-electron chi connectivity index (χ2n) is 7.45. The number of nitrogens with zero attached hydrogens (tertiary/aromatic N) is 2. The highest BCUT2D eigenvalue weighted by Gasteiger charge is 2.13. The third-order valence-electron chi connectivity index (χ3n) is 5.36. The molecule has 0 radical (unpaired) electrons. The van der Waals surface area contributed by atoms with E-state index in [9.17, 15) is 0 Å². The van der Waals surface area contributed by atoms with Gasteiger partial charge in [-0.2, -0.15) is 0 Å². The van der Waals surface area contributed by atoms with Crippen molar-refractivity contribution in [1.29, 1.82) is 0 Å². The van der Waals surface area contributed by atoms with Crippen LogP contribution in [0.25, 0.3) is 0 Å². The quantitative estimate of drug-likeness (QED) is 0.503. The summed E-state index contributed by atoms with van der Waals surface area (Å²) in [6.45, 7) is 6.68. The number of rotatable bonds is 8. The van der Waals surface area contributed by atoms with Gasteiger partial charge in [-0.15, -0.1) is 0 Å². The summed E-state index contributed by atoms with van der Waals surface area (Å²) in [5.41, 5.74) is 3.58. The predicted octanol–water partition coefficient (Wildman–Crippen LogP) is 4.27. The second-order valence-corrected chi connectivity index (χ2v) is 7.45. The molecule has 0 atom stereocenters. The molecule has 0 saturated carbocycles. The molecule has 1 aliphatic heterocycles. The highest BCUT2D eigenvalue weighted by Crippen LogP contribution is 2.30. The van der Waals surface area contributed by atoms with E-state index in [4.69, 9.17) is 9.47 Å². The van der Waals surface area contributed by atoms with Crippen molar-refractivity contribution in [3.05, 3.63) is 53.6 Å². The standard InChI is InChI=1S/C24H34N4O2/c1-4-30-23-16-21(12-13-22(23)29-3)27-24(25-2)26-17-19-10-6-7-11-20(19)18-28-14-8-5-9-15-28/h6-7,10-13,16H,4-5,8-9,14-15,17-18H2,1-3H3,(H2,25,26,27). The van der Waals surface area contributed by atoms with Gasteiger partial charge in [0.25, 0.3) is 0 Å². The molecule has 1 heterocycles. The second kappa shape index (κ2) is 11.5. The van der Waals surface area contributed by atoms with Crippen molar-refractivity contribution < 1.29 is 9.47 Å². The van der Waals surface area contributed by atoms with Gasteiger partial charge in [-0.1, -0.05) is 30.7 Å². The van der Waals surface area contributed by atoms with Crippen molar-refractivity contribution in [1.82, 2.24) is 10.2 Å². The van der Waals surface area contributed by atoms with Crippen molar-refractivity contribution >= 4 is 11.6 Å². The summed E-state index contributed by atoms with van der Waals surface area (Å²) >= 11 is 0. The third kappa shape index (κ3) is 6.13. The maximum absolute atomic E-state index is 5.67. The molecule has 1 aliphatic rings. The highest BCUT2D eigenvalue weighted by molar-refractivity contribution is 5.93. The van der Waals surface area contributed by atoms with Crippen molar-refractivity contribution in [3.8, 4) is 11.5 Å². The molecule has 1 fully saturated rings. The maximum atomic E-state index is 5.67. The molecule has 2 N–H and O–H groups in total. The van der Waals surface area contributed by atoms with Gasteiger partial charge < -0.3 is 20.1 Å². The van der Waals surface area contributed by atoms with E-state index in [2.05, 4.69) is 44.8 Å². The Balaban J connectivity index is 1.63. The molecular formula is C24H34N4O2. The van der Waals surface area contributed by atoms with Crippen LogP contribution in [0.1, 0.15) is 37.3 Å². The average Bonchev–Trinajstić information content (AvgIpc) is 2.78. The molecule has 6 heteroatoms. The van der Waals surface area contributed by atoms with Gasteiger partial charge in [-0.25, -0.2) is 0 Å².